The lowest BCUT2D eigenvalue weighted by Gasteiger charge is -2.24. The van der Waals surface area contributed by atoms with E-state index in [2.05, 4.69) is 41.5 Å². The number of fused-ring (bicyclic) bond motifs is 1. The van der Waals surface area contributed by atoms with Gasteiger partial charge in [-0.1, -0.05) is 53.7 Å². The third kappa shape index (κ3) is 2.26. The van der Waals surface area contributed by atoms with Gasteiger partial charge in [0.1, 0.15) is 0 Å². The van der Waals surface area contributed by atoms with Gasteiger partial charge in [-0.2, -0.15) is 4.21 Å². The van der Waals surface area contributed by atoms with Crippen LogP contribution < -0.4 is 8.37 Å². The van der Waals surface area contributed by atoms with E-state index in [4.69, 9.17) is 8.37 Å². The van der Waals surface area contributed by atoms with Crippen molar-refractivity contribution in [2.45, 2.75) is 52.4 Å². The Balaban J connectivity index is 2.67. The standard InChI is InChI=1S/C14H20O3S/c1-13(2,3)9-7-8-10(14(4,5)6)12-11(9)16-18(15)17-12/h7-8H,1-6H3. The number of hydrogen-bond acceptors (Lipinski definition) is 3. The Labute approximate surface area is 111 Å². The molecule has 0 N–H and O–H groups in total. The highest BCUT2D eigenvalue weighted by Gasteiger charge is 2.35. The monoisotopic (exact) mass is 268 g/mol. The van der Waals surface area contributed by atoms with Crippen LogP contribution in [0, 0.1) is 0 Å². The van der Waals surface area contributed by atoms with Crippen LogP contribution in [0.5, 0.6) is 11.5 Å². The van der Waals surface area contributed by atoms with Crippen molar-refractivity contribution in [3.05, 3.63) is 23.3 Å². The zero-order chi connectivity index (χ0) is 13.7. The second-order valence-corrected chi connectivity index (χ2v) is 7.43. The van der Waals surface area contributed by atoms with E-state index in [1.165, 1.54) is 0 Å². The van der Waals surface area contributed by atoms with Crippen LogP contribution in [0.15, 0.2) is 12.1 Å². The maximum atomic E-state index is 11.5. The first-order chi connectivity index (χ1) is 8.10. The van der Waals surface area contributed by atoms with Gasteiger partial charge in [-0.15, -0.1) is 0 Å². The Morgan fingerprint density at radius 1 is 0.833 bits per heavy atom. The van der Waals surface area contributed by atoms with E-state index >= 15 is 0 Å². The van der Waals surface area contributed by atoms with Crippen LogP contribution in [0.25, 0.3) is 0 Å². The molecule has 0 spiro atoms. The van der Waals surface area contributed by atoms with Gasteiger partial charge in [0.2, 0.25) is 0 Å². The molecule has 1 aromatic rings. The van der Waals surface area contributed by atoms with Crippen molar-refractivity contribution in [3.63, 3.8) is 0 Å². The van der Waals surface area contributed by atoms with E-state index < -0.39 is 11.4 Å². The van der Waals surface area contributed by atoms with Gasteiger partial charge in [0.25, 0.3) is 0 Å². The van der Waals surface area contributed by atoms with Crippen LogP contribution in [0.2, 0.25) is 0 Å². The van der Waals surface area contributed by atoms with Gasteiger partial charge in [-0.25, -0.2) is 0 Å². The summed E-state index contributed by atoms with van der Waals surface area (Å²) in [4.78, 5) is 0. The molecule has 3 nitrogen and oxygen atoms in total. The smallest absolute Gasteiger partial charge is 0.367 e. The fourth-order valence-electron chi connectivity index (χ4n) is 2.06. The third-order valence-corrected chi connectivity index (χ3v) is 3.64. The molecule has 1 aliphatic rings. The molecule has 0 unspecified atom stereocenters. The molecule has 0 amide bonds. The molecule has 0 saturated heterocycles. The zero-order valence-corrected chi connectivity index (χ0v) is 12.6. The molecule has 100 valence electrons. The minimum atomic E-state index is -1.71. The quantitative estimate of drug-likeness (QED) is 0.720. The van der Waals surface area contributed by atoms with Gasteiger partial charge in [-0.3, -0.25) is 0 Å². The molecule has 0 aromatic heterocycles. The van der Waals surface area contributed by atoms with Crippen LogP contribution in [-0.4, -0.2) is 4.21 Å². The Morgan fingerprint density at radius 2 is 1.17 bits per heavy atom. The van der Waals surface area contributed by atoms with E-state index in [9.17, 15) is 4.21 Å². The van der Waals surface area contributed by atoms with E-state index in [1.54, 1.807) is 0 Å². The van der Waals surface area contributed by atoms with Crippen LogP contribution in [0.3, 0.4) is 0 Å². The van der Waals surface area contributed by atoms with Gasteiger partial charge in [-0.05, 0) is 10.8 Å². The molecule has 0 aliphatic carbocycles. The first kappa shape index (κ1) is 13.4. The number of rotatable bonds is 0. The molecule has 4 heteroatoms. The highest BCUT2D eigenvalue weighted by atomic mass is 32.2. The van der Waals surface area contributed by atoms with Crippen molar-refractivity contribution < 1.29 is 12.6 Å². The number of benzene rings is 1. The predicted molar refractivity (Wildman–Crippen MR) is 73.2 cm³/mol. The van der Waals surface area contributed by atoms with Gasteiger partial charge < -0.3 is 8.37 Å². The summed E-state index contributed by atoms with van der Waals surface area (Å²) in [5.41, 5.74) is 1.91. The van der Waals surface area contributed by atoms with Crippen molar-refractivity contribution in [2.75, 3.05) is 0 Å². The first-order valence-corrected chi connectivity index (χ1v) is 7.07. The molecule has 0 bridgehead atoms. The molecule has 0 atom stereocenters. The Hall–Kier alpha value is -1.03. The van der Waals surface area contributed by atoms with Crippen LogP contribution in [0.1, 0.15) is 52.7 Å². The van der Waals surface area contributed by atoms with Crippen LogP contribution in [0.4, 0.5) is 0 Å². The highest BCUT2D eigenvalue weighted by Crippen LogP contribution is 2.48. The highest BCUT2D eigenvalue weighted by molar-refractivity contribution is 7.76. The van der Waals surface area contributed by atoms with Gasteiger partial charge in [0.05, 0.1) is 0 Å². The van der Waals surface area contributed by atoms with E-state index in [0.29, 0.717) is 11.5 Å². The largest absolute Gasteiger partial charge is 0.417 e. The summed E-state index contributed by atoms with van der Waals surface area (Å²) in [6.07, 6.45) is 0. The van der Waals surface area contributed by atoms with Crippen molar-refractivity contribution >= 4 is 11.4 Å². The minimum Gasteiger partial charge on any atom is -0.367 e. The molecule has 18 heavy (non-hydrogen) atoms. The summed E-state index contributed by atoms with van der Waals surface area (Å²) >= 11 is -1.71. The Bertz CT molecular complexity index is 462. The summed E-state index contributed by atoms with van der Waals surface area (Å²) in [6, 6.07) is 4.09. The molecule has 1 heterocycles. The second-order valence-electron chi connectivity index (χ2n) is 6.69. The lowest BCUT2D eigenvalue weighted by molar-refractivity contribution is 0.505. The molecule has 0 fully saturated rings. The predicted octanol–water partition coefficient (Wildman–Crippen LogP) is 3.63. The Morgan fingerprint density at radius 3 is 1.44 bits per heavy atom. The van der Waals surface area contributed by atoms with Gasteiger partial charge in [0, 0.05) is 11.1 Å². The summed E-state index contributed by atoms with van der Waals surface area (Å²) in [5.74, 6) is 1.27. The summed E-state index contributed by atoms with van der Waals surface area (Å²) in [6.45, 7) is 12.6. The fourth-order valence-corrected chi connectivity index (χ4v) is 2.70. The van der Waals surface area contributed by atoms with Gasteiger partial charge >= 0.3 is 11.4 Å². The second kappa shape index (κ2) is 3.98. The average molecular weight is 268 g/mol. The number of hydrogen-bond donors (Lipinski definition) is 0. The molecular formula is C14H20O3S. The molecule has 0 saturated carbocycles. The van der Waals surface area contributed by atoms with E-state index in [1.807, 2.05) is 12.1 Å². The van der Waals surface area contributed by atoms with Crippen LogP contribution >= 0.6 is 0 Å². The van der Waals surface area contributed by atoms with Gasteiger partial charge in [0.15, 0.2) is 11.5 Å². The normalized spacial score (nSPS) is 16.1. The summed E-state index contributed by atoms with van der Waals surface area (Å²) < 4.78 is 22.2. The summed E-state index contributed by atoms with van der Waals surface area (Å²) in [7, 11) is 0. The van der Waals surface area contributed by atoms with Crippen molar-refractivity contribution in [3.8, 4) is 11.5 Å². The lowest BCUT2D eigenvalue weighted by atomic mass is 9.81. The first-order valence-electron chi connectivity index (χ1n) is 6.07. The lowest BCUT2D eigenvalue weighted by Crippen LogP contribution is -2.15. The molecule has 1 aromatic carbocycles. The van der Waals surface area contributed by atoms with Crippen LogP contribution in [-0.2, 0) is 22.2 Å². The maximum absolute atomic E-state index is 11.5. The van der Waals surface area contributed by atoms with Crippen molar-refractivity contribution in [1.82, 2.24) is 0 Å². The maximum Gasteiger partial charge on any atom is 0.417 e. The average Bonchev–Trinajstić information content (AvgIpc) is 2.53. The molecule has 0 radical (unpaired) electrons. The zero-order valence-electron chi connectivity index (χ0n) is 11.8. The summed E-state index contributed by atoms with van der Waals surface area (Å²) in [5, 5.41) is 0. The topological polar surface area (TPSA) is 35.5 Å². The van der Waals surface area contributed by atoms with Crippen molar-refractivity contribution in [1.29, 1.82) is 0 Å². The fraction of sp³-hybridized carbons (Fsp3) is 0.571. The van der Waals surface area contributed by atoms with E-state index in [-0.39, 0.29) is 10.8 Å². The van der Waals surface area contributed by atoms with E-state index in [0.717, 1.165) is 11.1 Å². The van der Waals surface area contributed by atoms with Crippen molar-refractivity contribution in [2.24, 2.45) is 0 Å². The SMILES string of the molecule is CC(C)(C)c1ccc(C(C)(C)C)c2c1OS(=O)O2. The molecule has 2 rings (SSSR count). The Kier molecular flexibility index (Phi) is 2.97. The minimum absolute atomic E-state index is 0.0710. The molecule has 1 aliphatic heterocycles. The molecular weight excluding hydrogens is 248 g/mol. The third-order valence-electron chi connectivity index (χ3n) is 3.03.